The van der Waals surface area contributed by atoms with Crippen molar-refractivity contribution in [3.05, 3.63) is 36.4 Å². The second kappa shape index (κ2) is 33.1. The Bertz CT molecular complexity index is 2510. The monoisotopic (exact) mass is 1150 g/mol. The van der Waals surface area contributed by atoms with Gasteiger partial charge in [-0.1, -0.05) is 68.2 Å². The largest absolute Gasteiger partial charge is 0.481 e. The van der Waals surface area contributed by atoms with Crippen LogP contribution in [0.2, 0.25) is 0 Å². The molecule has 0 aliphatic rings. The number of aromatic amines is 2. The standard InChI is InChI=1S/C49H78N16O16/c1-9-23(7)38(48(79)60-31(49(80)81)15-35(69)70)64-43(74)29(12-26-17-54-20-56-26)58-47(78)39(24(8)10-2)65-46(77)37(22(5)6)62-42(73)28(11-25-16-53-19-55-25)57-41(72)30(14-34(52)68)59-45(76)36(21(3)4)63-44(75)32(18-66)61-40(71)27(50)13-33(51)67/h16-17,19-24,27-32,36-39,66H,9-15,18,50H2,1-8H3,(H2,51,67)(H2,52,68)(H,53,55)(H,54,56)(H,57,72)(H,58,78)(H,59,76)(H,60,79)(H,61,71)(H,62,73)(H,63,75)(H,64,74)(H,65,77)(H,69,70)(H,80,81)/t23-,24-,27-,28-,29-,30-,31-,32-,36-,37-,38-,39-/m0/s1. The summed E-state index contributed by atoms with van der Waals surface area (Å²) in [5, 5.41) is 50.6. The molecule has 11 amide bonds. The van der Waals surface area contributed by atoms with Gasteiger partial charge in [0.15, 0.2) is 0 Å². The minimum atomic E-state index is -1.84. The lowest BCUT2D eigenvalue weighted by Gasteiger charge is -2.31. The fourth-order valence-electron chi connectivity index (χ4n) is 7.74. The Hall–Kier alpha value is -8.55. The number of primary amides is 2. The van der Waals surface area contributed by atoms with Gasteiger partial charge in [0, 0.05) is 25.2 Å². The number of hydrogen-bond acceptors (Lipinski definition) is 17. The first-order valence-electron chi connectivity index (χ1n) is 26.0. The van der Waals surface area contributed by atoms with E-state index in [1.807, 2.05) is 0 Å². The molecule has 0 bridgehead atoms. The van der Waals surface area contributed by atoms with Gasteiger partial charge >= 0.3 is 11.9 Å². The number of nitrogens with zero attached hydrogens (tertiary/aromatic N) is 2. The van der Waals surface area contributed by atoms with E-state index in [4.69, 9.17) is 17.2 Å². The first-order valence-corrected chi connectivity index (χ1v) is 26.0. The molecule has 0 saturated heterocycles. The molecule has 20 N–H and O–H groups in total. The zero-order chi connectivity index (χ0) is 61.4. The van der Waals surface area contributed by atoms with Crippen molar-refractivity contribution in [3.8, 4) is 0 Å². The predicted octanol–water partition coefficient (Wildman–Crippen LogP) is -5.68. The molecule has 0 aliphatic heterocycles. The minimum absolute atomic E-state index is 0.223. The third-order valence-electron chi connectivity index (χ3n) is 12.9. The first kappa shape index (κ1) is 68.6. The van der Waals surface area contributed by atoms with E-state index >= 15 is 0 Å². The third-order valence-corrected chi connectivity index (χ3v) is 12.9. The minimum Gasteiger partial charge on any atom is -0.481 e. The Balaban J connectivity index is 2.45. The number of nitrogens with one attached hydrogen (secondary N) is 11. The molecular formula is C49H78N16O16. The van der Waals surface area contributed by atoms with Crippen molar-refractivity contribution in [1.82, 2.24) is 67.8 Å². The van der Waals surface area contributed by atoms with Gasteiger partial charge in [-0.25, -0.2) is 14.8 Å². The number of hydrogen-bond donors (Lipinski definition) is 17. The van der Waals surface area contributed by atoms with E-state index in [-0.39, 0.29) is 37.1 Å². The van der Waals surface area contributed by atoms with Crippen LogP contribution in [0.4, 0.5) is 0 Å². The summed E-state index contributed by atoms with van der Waals surface area (Å²) in [6.45, 7) is 11.8. The number of aliphatic hydroxyl groups excluding tert-OH is 1. The van der Waals surface area contributed by atoms with Gasteiger partial charge in [0.05, 0.1) is 56.0 Å². The van der Waals surface area contributed by atoms with Crippen LogP contribution >= 0.6 is 0 Å². The molecule has 0 spiro atoms. The highest BCUT2D eigenvalue weighted by Gasteiger charge is 2.39. The molecule has 0 fully saturated rings. The van der Waals surface area contributed by atoms with Crippen LogP contribution in [-0.2, 0) is 75.2 Å². The van der Waals surface area contributed by atoms with Crippen LogP contribution in [0.1, 0.15) is 98.9 Å². The van der Waals surface area contributed by atoms with E-state index in [0.717, 1.165) is 0 Å². The average molecular weight is 1150 g/mol. The van der Waals surface area contributed by atoms with E-state index in [1.54, 1.807) is 41.5 Å². The van der Waals surface area contributed by atoms with Crippen molar-refractivity contribution in [1.29, 1.82) is 0 Å². The van der Waals surface area contributed by atoms with Crippen molar-refractivity contribution in [2.24, 2.45) is 40.9 Å². The van der Waals surface area contributed by atoms with Crippen LogP contribution < -0.4 is 65.1 Å². The quantitative estimate of drug-likeness (QED) is 0.0302. The molecule has 2 rings (SSSR count). The Labute approximate surface area is 465 Å². The lowest BCUT2D eigenvalue weighted by Crippen LogP contribution is -2.63. The SMILES string of the molecule is CC[C@H](C)[C@H](NC(=O)[C@H](Cc1c[nH]cn1)NC(=O)[C@@H](NC(=O)[C@@H](NC(=O)[C@H](Cc1c[nH]cn1)NC(=O)[C@H](CC(N)=O)NC(=O)[C@@H](NC(=O)[C@H](CO)NC(=O)[C@@H](N)CC(N)=O)C(C)C)C(C)C)[C@@H](C)CC)C(=O)N[C@@H](CC(=O)O)C(=O)O. The summed E-state index contributed by atoms with van der Waals surface area (Å²) in [4.78, 5) is 185. The van der Waals surface area contributed by atoms with Crippen LogP contribution in [0.25, 0.3) is 0 Å². The first-order chi connectivity index (χ1) is 37.9. The summed E-state index contributed by atoms with van der Waals surface area (Å²) >= 11 is 0. The zero-order valence-corrected chi connectivity index (χ0v) is 46.3. The smallest absolute Gasteiger partial charge is 0.326 e. The van der Waals surface area contributed by atoms with Gasteiger partial charge in [0.25, 0.3) is 0 Å². The summed E-state index contributed by atoms with van der Waals surface area (Å²) in [6, 6.07) is -15.6. The number of amides is 11. The number of aliphatic carboxylic acids is 2. The van der Waals surface area contributed by atoms with Gasteiger partial charge in [-0.05, 0) is 23.7 Å². The van der Waals surface area contributed by atoms with Crippen molar-refractivity contribution < 1.29 is 77.6 Å². The number of carboxylic acid groups (broad SMARTS) is 2. The average Bonchev–Trinajstić information content (AvgIpc) is 4.12. The van der Waals surface area contributed by atoms with E-state index in [9.17, 15) is 77.6 Å². The molecule has 81 heavy (non-hydrogen) atoms. The summed E-state index contributed by atoms with van der Waals surface area (Å²) < 4.78 is 0. The number of aromatic nitrogens is 4. The number of nitrogens with two attached hydrogens (primary N) is 3. The Morgan fingerprint density at radius 1 is 0.469 bits per heavy atom. The van der Waals surface area contributed by atoms with Gasteiger partial charge in [-0.3, -0.25) is 57.5 Å². The number of H-pyrrole nitrogens is 2. The molecular weight excluding hydrogens is 1070 g/mol. The number of imidazole rings is 2. The second-order valence-corrected chi connectivity index (χ2v) is 20.1. The maximum atomic E-state index is 14.4. The molecule has 0 aromatic carbocycles. The van der Waals surface area contributed by atoms with Crippen LogP contribution in [-0.4, -0.2) is 179 Å². The predicted molar refractivity (Wildman–Crippen MR) is 283 cm³/mol. The van der Waals surface area contributed by atoms with Gasteiger partial charge in [-0.15, -0.1) is 0 Å². The van der Waals surface area contributed by atoms with Crippen LogP contribution in [0.5, 0.6) is 0 Å². The van der Waals surface area contributed by atoms with Gasteiger partial charge < -0.3 is 90.3 Å². The molecule has 450 valence electrons. The fourth-order valence-corrected chi connectivity index (χ4v) is 7.74. The lowest BCUT2D eigenvalue weighted by molar-refractivity contribution is -0.147. The Morgan fingerprint density at radius 2 is 0.815 bits per heavy atom. The highest BCUT2D eigenvalue weighted by Crippen LogP contribution is 2.15. The third kappa shape index (κ3) is 22.6. The zero-order valence-electron chi connectivity index (χ0n) is 46.3. The summed E-state index contributed by atoms with van der Waals surface area (Å²) in [7, 11) is 0. The fraction of sp³-hybridized carbons (Fsp3) is 0.612. The number of carboxylic acids is 2. The van der Waals surface area contributed by atoms with Gasteiger partial charge in [0.1, 0.15) is 54.4 Å². The van der Waals surface area contributed by atoms with Crippen LogP contribution in [0, 0.1) is 23.7 Å². The molecule has 0 unspecified atom stereocenters. The van der Waals surface area contributed by atoms with Gasteiger partial charge in [-0.2, -0.15) is 0 Å². The molecule has 32 heteroatoms. The topological polar surface area (TPSA) is 526 Å². The maximum Gasteiger partial charge on any atom is 0.326 e. The molecule has 2 aromatic heterocycles. The molecule has 0 aliphatic carbocycles. The number of aliphatic hydroxyl groups is 1. The van der Waals surface area contributed by atoms with Gasteiger partial charge in [0.2, 0.25) is 65.0 Å². The van der Waals surface area contributed by atoms with Crippen LogP contribution in [0.15, 0.2) is 25.0 Å². The number of rotatable bonds is 36. The molecule has 12 atom stereocenters. The normalized spacial score (nSPS) is 15.7. The highest BCUT2D eigenvalue weighted by molar-refractivity contribution is 6.00. The van der Waals surface area contributed by atoms with Crippen molar-refractivity contribution >= 4 is 76.9 Å². The molecule has 0 saturated carbocycles. The van der Waals surface area contributed by atoms with Crippen LogP contribution in [0.3, 0.4) is 0 Å². The molecule has 2 heterocycles. The second-order valence-electron chi connectivity index (χ2n) is 20.1. The lowest BCUT2D eigenvalue weighted by atomic mass is 9.95. The summed E-state index contributed by atoms with van der Waals surface area (Å²) in [6.07, 6.45) is 3.01. The van der Waals surface area contributed by atoms with E-state index in [1.165, 1.54) is 38.9 Å². The van der Waals surface area contributed by atoms with E-state index in [0.29, 0.717) is 0 Å². The Kier molecular flexibility index (Phi) is 28.0. The Morgan fingerprint density at radius 3 is 1.19 bits per heavy atom. The van der Waals surface area contributed by atoms with E-state index < -0.39 is 187 Å². The number of carbonyl (C=O) groups excluding carboxylic acids is 11. The highest BCUT2D eigenvalue weighted by atomic mass is 16.4. The summed E-state index contributed by atoms with van der Waals surface area (Å²) in [5.74, 6) is -16.9. The molecule has 0 radical (unpaired) electrons. The molecule has 2 aromatic rings. The number of carbonyl (C=O) groups is 13. The van der Waals surface area contributed by atoms with Crippen molar-refractivity contribution in [2.45, 2.75) is 161 Å². The van der Waals surface area contributed by atoms with E-state index in [2.05, 4.69) is 67.8 Å². The van der Waals surface area contributed by atoms with Crippen molar-refractivity contribution in [3.63, 3.8) is 0 Å². The maximum absolute atomic E-state index is 14.4. The van der Waals surface area contributed by atoms with Crippen molar-refractivity contribution in [2.75, 3.05) is 6.61 Å². The summed E-state index contributed by atoms with van der Waals surface area (Å²) in [5.41, 5.74) is 16.7. The molecule has 32 nitrogen and oxygen atoms in total.